The molecular weight excluding hydrogens is 263 g/mol. The molecule has 0 saturated carbocycles. The molecular formula is C14H15FN2O3. The van der Waals surface area contributed by atoms with Gasteiger partial charge in [-0.3, -0.25) is 4.79 Å². The van der Waals surface area contributed by atoms with Crippen molar-refractivity contribution in [3.8, 4) is 11.5 Å². The van der Waals surface area contributed by atoms with Gasteiger partial charge in [0.1, 0.15) is 11.5 Å². The van der Waals surface area contributed by atoms with Gasteiger partial charge in [-0.1, -0.05) is 6.07 Å². The third-order valence-electron chi connectivity index (χ3n) is 2.89. The number of carbonyl (C=O) groups is 1. The van der Waals surface area contributed by atoms with Crippen molar-refractivity contribution in [2.75, 3.05) is 14.2 Å². The third-order valence-corrected chi connectivity index (χ3v) is 2.89. The molecule has 0 fully saturated rings. The normalized spacial score (nSPS) is 10.3. The first kappa shape index (κ1) is 13.9. The van der Waals surface area contributed by atoms with Gasteiger partial charge in [-0.25, -0.2) is 4.39 Å². The maximum atomic E-state index is 12.9. The summed E-state index contributed by atoms with van der Waals surface area (Å²) in [7, 11) is 3.06. The van der Waals surface area contributed by atoms with Crippen LogP contribution in [0.1, 0.15) is 16.1 Å². The molecule has 5 nitrogen and oxygen atoms in total. The van der Waals surface area contributed by atoms with Crippen molar-refractivity contribution in [2.24, 2.45) is 0 Å². The smallest absolute Gasteiger partial charge is 0.270 e. The summed E-state index contributed by atoms with van der Waals surface area (Å²) in [6.45, 7) is 0.289. The minimum atomic E-state index is -0.483. The lowest BCUT2D eigenvalue weighted by Crippen LogP contribution is -2.26. The summed E-state index contributed by atoms with van der Waals surface area (Å²) in [5.41, 5.74) is 0.925. The van der Waals surface area contributed by atoms with E-state index in [1.165, 1.54) is 18.1 Å². The monoisotopic (exact) mass is 278 g/mol. The molecule has 0 aliphatic rings. The largest absolute Gasteiger partial charge is 0.504 e. The van der Waals surface area contributed by atoms with Crippen molar-refractivity contribution in [1.82, 2.24) is 9.88 Å². The van der Waals surface area contributed by atoms with Crippen LogP contribution in [-0.2, 0) is 6.54 Å². The van der Waals surface area contributed by atoms with E-state index in [1.54, 1.807) is 19.2 Å². The number of nitrogens with zero attached hydrogens (tertiary/aromatic N) is 1. The molecule has 1 aromatic carbocycles. The Balaban J connectivity index is 2.09. The van der Waals surface area contributed by atoms with Gasteiger partial charge in [-0.05, 0) is 17.7 Å². The second kappa shape index (κ2) is 5.64. The fourth-order valence-corrected chi connectivity index (χ4v) is 1.88. The van der Waals surface area contributed by atoms with Crippen molar-refractivity contribution in [3.63, 3.8) is 0 Å². The molecule has 0 aliphatic carbocycles. The number of carbonyl (C=O) groups excluding carboxylic acids is 1. The predicted octanol–water partition coefficient (Wildman–Crippen LogP) is 2.14. The average Bonchev–Trinajstić information content (AvgIpc) is 2.84. The zero-order chi connectivity index (χ0) is 14.7. The molecule has 20 heavy (non-hydrogen) atoms. The van der Waals surface area contributed by atoms with Crippen LogP contribution in [0.5, 0.6) is 11.5 Å². The third kappa shape index (κ3) is 2.90. The maximum absolute atomic E-state index is 12.9. The quantitative estimate of drug-likeness (QED) is 0.900. The Hall–Kier alpha value is -2.50. The fraction of sp³-hybridized carbons (Fsp3) is 0.214. The first-order chi connectivity index (χ1) is 9.51. The molecule has 0 bridgehead atoms. The summed E-state index contributed by atoms with van der Waals surface area (Å²) in [6.07, 6.45) is 1.13. The number of hydrogen-bond donors (Lipinski definition) is 2. The Bertz CT molecular complexity index is 625. The van der Waals surface area contributed by atoms with Crippen LogP contribution in [0.15, 0.2) is 30.5 Å². The number of aromatic hydroxyl groups is 1. The van der Waals surface area contributed by atoms with E-state index in [1.807, 2.05) is 0 Å². The summed E-state index contributed by atoms with van der Waals surface area (Å²) in [4.78, 5) is 16.0. The van der Waals surface area contributed by atoms with Gasteiger partial charge in [-0.2, -0.15) is 0 Å². The summed E-state index contributed by atoms with van der Waals surface area (Å²) < 4.78 is 17.8. The number of hydrogen-bond acceptors (Lipinski definition) is 3. The van der Waals surface area contributed by atoms with Crippen LogP contribution in [-0.4, -0.2) is 35.1 Å². The second-order valence-corrected chi connectivity index (χ2v) is 4.40. The van der Waals surface area contributed by atoms with Gasteiger partial charge < -0.3 is 19.7 Å². The van der Waals surface area contributed by atoms with E-state index in [9.17, 15) is 14.3 Å². The van der Waals surface area contributed by atoms with E-state index in [2.05, 4.69) is 4.98 Å². The van der Waals surface area contributed by atoms with Gasteiger partial charge >= 0.3 is 0 Å². The number of phenolic OH excluding ortho intramolecular Hbond substituents is 1. The van der Waals surface area contributed by atoms with Crippen molar-refractivity contribution in [2.45, 2.75) is 6.54 Å². The lowest BCUT2D eigenvalue weighted by atomic mass is 10.2. The van der Waals surface area contributed by atoms with Gasteiger partial charge in [0.05, 0.1) is 7.11 Å². The molecule has 0 atom stereocenters. The van der Waals surface area contributed by atoms with E-state index in [0.717, 1.165) is 17.8 Å². The number of aromatic nitrogens is 1. The van der Waals surface area contributed by atoms with Crippen LogP contribution in [0.3, 0.4) is 0 Å². The molecule has 0 spiro atoms. The van der Waals surface area contributed by atoms with E-state index in [-0.39, 0.29) is 23.9 Å². The predicted molar refractivity (Wildman–Crippen MR) is 71.2 cm³/mol. The number of phenols is 1. The van der Waals surface area contributed by atoms with E-state index >= 15 is 0 Å². The molecule has 6 heteroatoms. The van der Waals surface area contributed by atoms with Crippen LogP contribution in [0.4, 0.5) is 4.39 Å². The van der Waals surface area contributed by atoms with Crippen molar-refractivity contribution < 1.29 is 19.0 Å². The molecule has 2 aromatic rings. The number of H-pyrrole nitrogens is 1. The summed E-state index contributed by atoms with van der Waals surface area (Å²) >= 11 is 0. The van der Waals surface area contributed by atoms with Gasteiger partial charge in [0.25, 0.3) is 5.91 Å². The summed E-state index contributed by atoms with van der Waals surface area (Å²) in [5, 5.41) is 9.68. The number of rotatable bonds is 4. The molecule has 2 N–H and O–H groups in total. The van der Waals surface area contributed by atoms with Crippen LogP contribution in [0, 0.1) is 5.82 Å². The van der Waals surface area contributed by atoms with Crippen LogP contribution in [0.25, 0.3) is 0 Å². The van der Waals surface area contributed by atoms with Crippen molar-refractivity contribution in [1.29, 1.82) is 0 Å². The molecule has 106 valence electrons. The van der Waals surface area contributed by atoms with Gasteiger partial charge in [-0.15, -0.1) is 0 Å². The number of benzene rings is 1. The maximum Gasteiger partial charge on any atom is 0.270 e. The van der Waals surface area contributed by atoms with E-state index in [4.69, 9.17) is 4.74 Å². The molecule has 0 aliphatic heterocycles. The SMILES string of the molecule is COc1ccc(CN(C)C(=O)c2cc(F)c[nH]2)cc1O. The Labute approximate surface area is 115 Å². The lowest BCUT2D eigenvalue weighted by Gasteiger charge is -2.17. The van der Waals surface area contributed by atoms with Gasteiger partial charge in [0.15, 0.2) is 11.5 Å². The Kier molecular flexibility index (Phi) is 3.93. The van der Waals surface area contributed by atoms with Crippen molar-refractivity contribution >= 4 is 5.91 Å². The van der Waals surface area contributed by atoms with Gasteiger partial charge in [0.2, 0.25) is 0 Å². The molecule has 0 unspecified atom stereocenters. The number of nitrogens with one attached hydrogen (secondary N) is 1. The molecule has 1 amide bonds. The molecule has 0 saturated heterocycles. The number of halogens is 1. The number of aromatic amines is 1. The zero-order valence-corrected chi connectivity index (χ0v) is 11.2. The highest BCUT2D eigenvalue weighted by Gasteiger charge is 2.15. The fourth-order valence-electron chi connectivity index (χ4n) is 1.88. The molecule has 1 aromatic heterocycles. The Morgan fingerprint density at radius 2 is 2.20 bits per heavy atom. The zero-order valence-electron chi connectivity index (χ0n) is 11.2. The van der Waals surface area contributed by atoms with E-state index in [0.29, 0.717) is 5.75 Å². The molecule has 1 heterocycles. The highest BCUT2D eigenvalue weighted by atomic mass is 19.1. The number of amides is 1. The Morgan fingerprint density at radius 3 is 2.75 bits per heavy atom. The number of ether oxygens (including phenoxy) is 1. The summed E-state index contributed by atoms with van der Waals surface area (Å²) in [5.74, 6) is -0.431. The highest BCUT2D eigenvalue weighted by Crippen LogP contribution is 2.26. The second-order valence-electron chi connectivity index (χ2n) is 4.40. The Morgan fingerprint density at radius 1 is 1.45 bits per heavy atom. The van der Waals surface area contributed by atoms with E-state index < -0.39 is 5.82 Å². The van der Waals surface area contributed by atoms with Crippen LogP contribution >= 0.6 is 0 Å². The lowest BCUT2D eigenvalue weighted by molar-refractivity contribution is 0.0779. The average molecular weight is 278 g/mol. The van der Waals surface area contributed by atoms with Crippen molar-refractivity contribution in [3.05, 3.63) is 47.5 Å². The first-order valence-corrected chi connectivity index (χ1v) is 5.96. The standard InChI is InChI=1S/C14H15FN2O3/c1-17(14(19)11-6-10(15)7-16-11)8-9-3-4-13(20-2)12(18)5-9/h3-7,16,18H,8H2,1-2H3. The van der Waals surface area contributed by atoms with Crippen LogP contribution < -0.4 is 4.74 Å². The number of methoxy groups -OCH3 is 1. The highest BCUT2D eigenvalue weighted by molar-refractivity contribution is 5.92. The summed E-state index contributed by atoms with van der Waals surface area (Å²) in [6, 6.07) is 6.04. The first-order valence-electron chi connectivity index (χ1n) is 5.96. The molecule has 0 radical (unpaired) electrons. The topological polar surface area (TPSA) is 65.6 Å². The minimum absolute atomic E-state index is 0.0109. The van der Waals surface area contributed by atoms with Crippen LogP contribution in [0.2, 0.25) is 0 Å². The van der Waals surface area contributed by atoms with Gasteiger partial charge in [0, 0.05) is 25.9 Å². The molecule has 2 rings (SSSR count). The minimum Gasteiger partial charge on any atom is -0.504 e.